The molecule has 0 aromatic heterocycles. The zero-order valence-corrected chi connectivity index (χ0v) is 11.5. The van der Waals surface area contributed by atoms with Gasteiger partial charge in [0.15, 0.2) is 0 Å². The van der Waals surface area contributed by atoms with Gasteiger partial charge in [0, 0.05) is 4.47 Å². The monoisotopic (exact) mass is 307 g/mol. The number of anilines is 1. The molecule has 1 saturated heterocycles. The average molecular weight is 308 g/mol. The minimum atomic E-state index is -0.0849. The summed E-state index contributed by atoms with van der Waals surface area (Å²) in [5.74, 6) is -0.204. The van der Waals surface area contributed by atoms with Crippen molar-refractivity contribution in [1.82, 2.24) is 0 Å². The molecule has 0 radical (unpaired) electrons. The van der Waals surface area contributed by atoms with E-state index in [0.717, 1.165) is 30.2 Å². The number of benzene rings is 1. The van der Waals surface area contributed by atoms with Gasteiger partial charge in [0.05, 0.1) is 17.5 Å². The molecule has 0 N–H and O–H groups in total. The van der Waals surface area contributed by atoms with E-state index in [4.69, 9.17) is 0 Å². The molecule has 4 heteroatoms. The second-order valence-electron chi connectivity index (χ2n) is 4.96. The first-order chi connectivity index (χ1) is 8.70. The van der Waals surface area contributed by atoms with Crippen molar-refractivity contribution in [3.63, 3.8) is 0 Å². The molecule has 0 unspecified atom stereocenters. The molecular formula is C14H14BrNO2. The Morgan fingerprint density at radius 1 is 1.00 bits per heavy atom. The van der Waals surface area contributed by atoms with Crippen molar-refractivity contribution in [3.05, 3.63) is 28.7 Å². The first kappa shape index (κ1) is 11.9. The lowest BCUT2D eigenvalue weighted by atomic mass is 9.81. The van der Waals surface area contributed by atoms with Crippen molar-refractivity contribution in [2.75, 3.05) is 4.90 Å². The van der Waals surface area contributed by atoms with E-state index in [1.807, 2.05) is 24.3 Å². The normalized spacial score (nSPS) is 27.5. The summed E-state index contributed by atoms with van der Waals surface area (Å²) >= 11 is 3.41. The molecule has 94 valence electrons. The lowest BCUT2D eigenvalue weighted by Crippen LogP contribution is -2.31. The number of nitrogens with zero attached hydrogens (tertiary/aromatic N) is 1. The molecule has 1 aromatic carbocycles. The van der Waals surface area contributed by atoms with Crippen LogP contribution in [0.5, 0.6) is 0 Å². The van der Waals surface area contributed by atoms with Crippen LogP contribution >= 0.6 is 15.9 Å². The molecule has 2 amide bonds. The molecule has 3 rings (SSSR count). The van der Waals surface area contributed by atoms with Crippen molar-refractivity contribution < 1.29 is 9.59 Å². The average Bonchev–Trinajstić information content (AvgIpc) is 2.64. The lowest BCUT2D eigenvalue weighted by molar-refractivity contribution is -0.122. The summed E-state index contributed by atoms with van der Waals surface area (Å²) in [6, 6.07) is 7.41. The zero-order chi connectivity index (χ0) is 12.7. The van der Waals surface area contributed by atoms with Crippen molar-refractivity contribution in [2.45, 2.75) is 25.7 Å². The van der Waals surface area contributed by atoms with E-state index in [1.54, 1.807) is 0 Å². The number of hydrogen-bond acceptors (Lipinski definition) is 2. The topological polar surface area (TPSA) is 37.4 Å². The number of imide groups is 1. The Bertz CT molecular complexity index is 490. The van der Waals surface area contributed by atoms with Crippen LogP contribution in [0, 0.1) is 11.8 Å². The fraction of sp³-hybridized carbons (Fsp3) is 0.429. The van der Waals surface area contributed by atoms with Crippen LogP contribution in [0.2, 0.25) is 0 Å². The van der Waals surface area contributed by atoms with Gasteiger partial charge in [-0.15, -0.1) is 0 Å². The summed E-state index contributed by atoms with van der Waals surface area (Å²) in [7, 11) is 0. The third-order valence-electron chi connectivity index (χ3n) is 3.93. The Balaban J connectivity index is 2.00. The number of rotatable bonds is 1. The molecule has 2 aliphatic rings. The maximum absolute atomic E-state index is 12.4. The zero-order valence-electron chi connectivity index (χ0n) is 9.93. The summed E-state index contributed by atoms with van der Waals surface area (Å²) in [6.07, 6.45) is 3.83. The summed E-state index contributed by atoms with van der Waals surface area (Å²) in [4.78, 5) is 26.2. The van der Waals surface area contributed by atoms with Gasteiger partial charge >= 0.3 is 0 Å². The molecule has 3 nitrogen and oxygen atoms in total. The Hall–Kier alpha value is -1.16. The van der Waals surface area contributed by atoms with E-state index in [2.05, 4.69) is 15.9 Å². The van der Waals surface area contributed by atoms with Gasteiger partial charge in [-0.25, -0.2) is 4.90 Å². The van der Waals surface area contributed by atoms with E-state index in [1.165, 1.54) is 4.90 Å². The molecule has 2 atom stereocenters. The molecule has 1 aliphatic carbocycles. The van der Waals surface area contributed by atoms with E-state index < -0.39 is 0 Å². The molecule has 1 saturated carbocycles. The maximum Gasteiger partial charge on any atom is 0.237 e. The number of carbonyl (C=O) groups excluding carboxylic acids is 2. The van der Waals surface area contributed by atoms with Crippen LogP contribution in [-0.2, 0) is 9.59 Å². The van der Waals surface area contributed by atoms with Crippen molar-refractivity contribution in [2.24, 2.45) is 11.8 Å². The Labute approximate surface area is 114 Å². The molecule has 1 heterocycles. The van der Waals surface area contributed by atoms with Gasteiger partial charge in [-0.1, -0.05) is 25.0 Å². The molecule has 1 aliphatic heterocycles. The highest BCUT2D eigenvalue weighted by Crippen LogP contribution is 2.41. The molecule has 2 fully saturated rings. The van der Waals surface area contributed by atoms with Gasteiger partial charge in [-0.05, 0) is 40.9 Å². The fourth-order valence-electron chi connectivity index (χ4n) is 3.03. The number of fused-ring (bicyclic) bond motifs is 1. The predicted molar refractivity (Wildman–Crippen MR) is 72.1 cm³/mol. The van der Waals surface area contributed by atoms with Gasteiger partial charge in [0.1, 0.15) is 0 Å². The van der Waals surface area contributed by atoms with Gasteiger partial charge in [-0.3, -0.25) is 9.59 Å². The Morgan fingerprint density at radius 2 is 1.56 bits per heavy atom. The second-order valence-corrected chi connectivity index (χ2v) is 5.82. The highest BCUT2D eigenvalue weighted by Gasteiger charge is 2.48. The summed E-state index contributed by atoms with van der Waals surface area (Å²) in [5.41, 5.74) is 0.682. The van der Waals surface area contributed by atoms with Gasteiger partial charge in [0.25, 0.3) is 0 Å². The van der Waals surface area contributed by atoms with Crippen LogP contribution in [0.25, 0.3) is 0 Å². The van der Waals surface area contributed by atoms with E-state index >= 15 is 0 Å². The van der Waals surface area contributed by atoms with E-state index in [9.17, 15) is 9.59 Å². The smallest absolute Gasteiger partial charge is 0.237 e. The van der Waals surface area contributed by atoms with Crippen molar-refractivity contribution in [1.29, 1.82) is 0 Å². The summed E-state index contributed by atoms with van der Waals surface area (Å²) in [6.45, 7) is 0. The van der Waals surface area contributed by atoms with Crippen LogP contribution in [0.1, 0.15) is 25.7 Å². The molecule has 1 aromatic rings. The van der Waals surface area contributed by atoms with Gasteiger partial charge in [-0.2, -0.15) is 0 Å². The molecule has 0 spiro atoms. The van der Waals surface area contributed by atoms with Crippen LogP contribution in [0.3, 0.4) is 0 Å². The first-order valence-corrected chi connectivity index (χ1v) is 7.12. The minimum Gasteiger partial charge on any atom is -0.274 e. The Morgan fingerprint density at radius 3 is 2.11 bits per heavy atom. The number of hydrogen-bond donors (Lipinski definition) is 0. The summed E-state index contributed by atoms with van der Waals surface area (Å²) < 4.78 is 0.797. The molecule has 18 heavy (non-hydrogen) atoms. The number of amides is 2. The number of halogens is 1. The second kappa shape index (κ2) is 4.50. The highest BCUT2D eigenvalue weighted by atomic mass is 79.9. The SMILES string of the molecule is O=C1[C@H]2CCCC[C@H]2C(=O)N1c1ccccc1Br. The minimum absolute atomic E-state index is 0.0170. The fourth-order valence-corrected chi connectivity index (χ4v) is 3.49. The first-order valence-electron chi connectivity index (χ1n) is 6.32. The number of carbonyl (C=O) groups is 2. The highest BCUT2D eigenvalue weighted by molar-refractivity contribution is 9.10. The third-order valence-corrected chi connectivity index (χ3v) is 4.61. The van der Waals surface area contributed by atoms with Crippen molar-refractivity contribution in [3.8, 4) is 0 Å². The maximum atomic E-state index is 12.4. The van der Waals surface area contributed by atoms with Crippen LogP contribution in [0.15, 0.2) is 28.7 Å². The van der Waals surface area contributed by atoms with Gasteiger partial charge in [0.2, 0.25) is 11.8 Å². The van der Waals surface area contributed by atoms with Crippen LogP contribution in [-0.4, -0.2) is 11.8 Å². The predicted octanol–water partition coefficient (Wildman–Crippen LogP) is 3.13. The third kappa shape index (κ3) is 1.70. The summed E-state index contributed by atoms with van der Waals surface area (Å²) in [5, 5.41) is 0. The Kier molecular flexibility index (Phi) is 2.98. The molecule has 0 bridgehead atoms. The lowest BCUT2D eigenvalue weighted by Gasteiger charge is -2.19. The largest absolute Gasteiger partial charge is 0.274 e. The van der Waals surface area contributed by atoms with E-state index in [0.29, 0.717) is 5.69 Å². The van der Waals surface area contributed by atoms with Crippen LogP contribution < -0.4 is 4.90 Å². The quantitative estimate of drug-likeness (QED) is 0.748. The standard InChI is InChI=1S/C14H14BrNO2/c15-11-7-3-4-8-12(11)16-13(17)9-5-1-2-6-10(9)14(16)18/h3-4,7-10H,1-2,5-6H2/t9-,10+. The molecular weight excluding hydrogens is 294 g/mol. The van der Waals surface area contributed by atoms with E-state index in [-0.39, 0.29) is 23.7 Å². The van der Waals surface area contributed by atoms with Crippen molar-refractivity contribution >= 4 is 33.4 Å². The van der Waals surface area contributed by atoms with Crippen LogP contribution in [0.4, 0.5) is 5.69 Å². The van der Waals surface area contributed by atoms with Gasteiger partial charge < -0.3 is 0 Å². The number of para-hydroxylation sites is 1.